The van der Waals surface area contributed by atoms with Crippen molar-refractivity contribution < 1.29 is 0 Å². The van der Waals surface area contributed by atoms with Crippen LogP contribution in [0.3, 0.4) is 0 Å². The van der Waals surface area contributed by atoms with Crippen LogP contribution in [0.25, 0.3) is 33.2 Å². The zero-order chi connectivity index (χ0) is 21.6. The Kier molecular flexibility index (Phi) is 5.66. The minimum Gasteiger partial charge on any atom is -0.366 e. The van der Waals surface area contributed by atoms with Crippen LogP contribution >= 0.6 is 0 Å². The van der Waals surface area contributed by atoms with Gasteiger partial charge in [0, 0.05) is 36.6 Å². The molecule has 0 spiro atoms. The Morgan fingerprint density at radius 1 is 0.594 bits per heavy atom. The van der Waals surface area contributed by atoms with E-state index in [1.165, 1.54) is 10.8 Å². The monoisotopic (exact) mass is 418 g/mol. The molecule has 2 aromatic heterocycles. The average molecular weight is 419 g/mol. The normalized spacial score (nSPS) is 10.8. The minimum atomic E-state index is 0.607. The first kappa shape index (κ1) is 19.6. The number of hydrogen-bond acceptors (Lipinski definition) is 6. The second-order valence-corrected chi connectivity index (χ2v) is 7.35. The fourth-order valence-electron chi connectivity index (χ4n) is 3.60. The number of anilines is 2. The van der Waals surface area contributed by atoms with Gasteiger partial charge in [-0.2, -0.15) is 0 Å². The summed E-state index contributed by atoms with van der Waals surface area (Å²) in [4.78, 5) is 8.35. The maximum absolute atomic E-state index is 4.54. The van der Waals surface area contributed by atoms with Gasteiger partial charge in [0.05, 0.1) is 5.69 Å². The number of nitrogens with zero attached hydrogens (tertiary/aromatic N) is 4. The Morgan fingerprint density at radius 2 is 1.34 bits per heavy atom. The number of benzene rings is 3. The van der Waals surface area contributed by atoms with Crippen molar-refractivity contribution in [3.63, 3.8) is 0 Å². The predicted octanol–water partition coefficient (Wildman–Crippen LogP) is 5.28. The van der Waals surface area contributed by atoms with Crippen molar-refractivity contribution in [3.8, 4) is 22.4 Å². The van der Waals surface area contributed by atoms with Crippen molar-refractivity contribution in [2.24, 2.45) is 0 Å². The summed E-state index contributed by atoms with van der Waals surface area (Å²) in [6.07, 6.45) is 3.43. The Morgan fingerprint density at radius 3 is 2.19 bits per heavy atom. The molecule has 0 saturated heterocycles. The molecule has 5 rings (SSSR count). The molecule has 0 aliphatic rings. The van der Waals surface area contributed by atoms with Crippen molar-refractivity contribution in [2.75, 3.05) is 23.7 Å². The second-order valence-electron chi connectivity index (χ2n) is 7.35. The highest BCUT2D eigenvalue weighted by molar-refractivity contribution is 5.87. The van der Waals surface area contributed by atoms with E-state index in [1.54, 1.807) is 18.5 Å². The number of aromatic nitrogens is 4. The number of rotatable bonds is 7. The molecule has 0 fully saturated rings. The van der Waals surface area contributed by atoms with E-state index < -0.39 is 0 Å². The molecule has 2 N–H and O–H groups in total. The molecule has 0 atom stereocenters. The summed E-state index contributed by atoms with van der Waals surface area (Å²) in [5.41, 5.74) is 3.99. The lowest BCUT2D eigenvalue weighted by molar-refractivity contribution is 0.983. The van der Waals surface area contributed by atoms with E-state index in [0.29, 0.717) is 19.0 Å². The van der Waals surface area contributed by atoms with E-state index in [1.807, 2.05) is 18.2 Å². The molecule has 6 nitrogen and oxygen atoms in total. The molecule has 156 valence electrons. The van der Waals surface area contributed by atoms with Crippen LogP contribution in [0.2, 0.25) is 0 Å². The van der Waals surface area contributed by atoms with Gasteiger partial charge in [0.15, 0.2) is 5.82 Å². The molecule has 32 heavy (non-hydrogen) atoms. The molecule has 0 aliphatic heterocycles. The fourth-order valence-corrected chi connectivity index (χ4v) is 3.60. The van der Waals surface area contributed by atoms with Gasteiger partial charge >= 0.3 is 0 Å². The highest BCUT2D eigenvalue weighted by Gasteiger charge is 2.11. The van der Waals surface area contributed by atoms with Crippen LogP contribution in [-0.4, -0.2) is 33.3 Å². The summed E-state index contributed by atoms with van der Waals surface area (Å²) in [7, 11) is 0. The molecule has 3 aromatic carbocycles. The number of nitrogens with one attached hydrogen (secondary N) is 2. The molecule has 2 heterocycles. The largest absolute Gasteiger partial charge is 0.366 e. The smallest absolute Gasteiger partial charge is 0.222 e. The van der Waals surface area contributed by atoms with Crippen LogP contribution in [0.5, 0.6) is 0 Å². The van der Waals surface area contributed by atoms with Gasteiger partial charge in [0.2, 0.25) is 5.95 Å². The molecular formula is C26H22N6. The van der Waals surface area contributed by atoms with Crippen LogP contribution in [0, 0.1) is 0 Å². The van der Waals surface area contributed by atoms with Gasteiger partial charge in [0.1, 0.15) is 0 Å². The predicted molar refractivity (Wildman–Crippen MR) is 129 cm³/mol. The van der Waals surface area contributed by atoms with Gasteiger partial charge in [-0.25, -0.2) is 9.97 Å². The zero-order valence-electron chi connectivity index (χ0n) is 17.4. The minimum absolute atomic E-state index is 0.607. The highest BCUT2D eigenvalue weighted by atomic mass is 15.2. The quantitative estimate of drug-likeness (QED) is 0.350. The summed E-state index contributed by atoms with van der Waals surface area (Å²) < 4.78 is 0. The van der Waals surface area contributed by atoms with E-state index in [4.69, 9.17) is 0 Å². The molecule has 0 saturated carbocycles. The molecule has 0 radical (unpaired) electrons. The number of fused-ring (bicyclic) bond motifs is 1. The van der Waals surface area contributed by atoms with E-state index >= 15 is 0 Å². The third-order valence-corrected chi connectivity index (χ3v) is 5.19. The maximum atomic E-state index is 4.54. The topological polar surface area (TPSA) is 75.6 Å². The van der Waals surface area contributed by atoms with Gasteiger partial charge in [-0.3, -0.25) is 0 Å². The molecular weight excluding hydrogens is 396 g/mol. The molecule has 0 bridgehead atoms. The van der Waals surface area contributed by atoms with Crippen molar-refractivity contribution in [1.29, 1.82) is 0 Å². The van der Waals surface area contributed by atoms with Crippen LogP contribution in [0.1, 0.15) is 0 Å². The van der Waals surface area contributed by atoms with Gasteiger partial charge in [0.25, 0.3) is 0 Å². The zero-order valence-corrected chi connectivity index (χ0v) is 17.4. The van der Waals surface area contributed by atoms with Gasteiger partial charge in [-0.1, -0.05) is 66.7 Å². The maximum Gasteiger partial charge on any atom is 0.222 e. The lowest BCUT2D eigenvalue weighted by Crippen LogP contribution is -2.16. The van der Waals surface area contributed by atoms with Crippen LogP contribution < -0.4 is 10.6 Å². The van der Waals surface area contributed by atoms with Crippen LogP contribution in [0.4, 0.5) is 11.8 Å². The average Bonchev–Trinajstić information content (AvgIpc) is 2.87. The Balaban J connectivity index is 1.41. The highest BCUT2D eigenvalue weighted by Crippen LogP contribution is 2.30. The van der Waals surface area contributed by atoms with Crippen molar-refractivity contribution in [2.45, 2.75) is 0 Å². The van der Waals surface area contributed by atoms with Crippen LogP contribution in [-0.2, 0) is 0 Å². The van der Waals surface area contributed by atoms with Crippen LogP contribution in [0.15, 0.2) is 97.3 Å². The van der Waals surface area contributed by atoms with Gasteiger partial charge in [-0.05, 0) is 34.5 Å². The van der Waals surface area contributed by atoms with E-state index in [2.05, 4.69) is 91.5 Å². The first-order chi connectivity index (χ1) is 15.9. The summed E-state index contributed by atoms with van der Waals surface area (Å²) in [6.45, 7) is 1.31. The van der Waals surface area contributed by atoms with Crippen molar-refractivity contribution >= 4 is 22.5 Å². The fraction of sp³-hybridized carbons (Fsp3) is 0.0769. The Hall–Kier alpha value is -4.32. The molecule has 0 unspecified atom stereocenters. The van der Waals surface area contributed by atoms with Gasteiger partial charge in [-0.15, -0.1) is 10.2 Å². The standard InChI is InChI=1S/C26H22N6/c1-2-8-20(9-3-1)23-18-24(22-12-11-19-7-4-5-10-21(19)17-22)31-32-25(23)27-15-16-30-26-28-13-6-14-29-26/h1-14,17-18H,15-16H2,(H,27,32)(H,28,29,30). The van der Waals surface area contributed by atoms with E-state index in [-0.39, 0.29) is 0 Å². The Bertz CT molecular complexity index is 1320. The Labute approximate surface area is 186 Å². The lowest BCUT2D eigenvalue weighted by atomic mass is 10.0. The summed E-state index contributed by atoms with van der Waals surface area (Å²) >= 11 is 0. The summed E-state index contributed by atoms with van der Waals surface area (Å²) in [5, 5.41) is 18.0. The molecule has 0 aliphatic carbocycles. The number of hydrogen-bond donors (Lipinski definition) is 2. The summed E-state index contributed by atoms with van der Waals surface area (Å²) in [5.74, 6) is 1.35. The summed E-state index contributed by atoms with van der Waals surface area (Å²) in [6, 6.07) is 28.8. The van der Waals surface area contributed by atoms with Crippen molar-refractivity contribution in [1.82, 2.24) is 20.2 Å². The molecule has 6 heteroatoms. The van der Waals surface area contributed by atoms with E-state index in [0.717, 1.165) is 28.2 Å². The lowest BCUT2D eigenvalue weighted by Gasteiger charge is -2.13. The first-order valence-corrected chi connectivity index (χ1v) is 10.5. The molecule has 0 amide bonds. The second kappa shape index (κ2) is 9.22. The van der Waals surface area contributed by atoms with E-state index in [9.17, 15) is 0 Å². The molecule has 5 aromatic rings. The SMILES string of the molecule is c1ccc(-c2cc(-c3ccc4ccccc4c3)nnc2NCCNc2ncccn2)cc1. The third-order valence-electron chi connectivity index (χ3n) is 5.19. The first-order valence-electron chi connectivity index (χ1n) is 10.5. The van der Waals surface area contributed by atoms with Gasteiger partial charge < -0.3 is 10.6 Å². The van der Waals surface area contributed by atoms with Crippen molar-refractivity contribution in [3.05, 3.63) is 97.3 Å². The third kappa shape index (κ3) is 4.39.